The highest BCUT2D eigenvalue weighted by Crippen LogP contribution is 2.34. The van der Waals surface area contributed by atoms with Crippen LogP contribution in [0.2, 0.25) is 0 Å². The fourth-order valence-corrected chi connectivity index (χ4v) is 5.85. The van der Waals surface area contributed by atoms with E-state index in [0.717, 1.165) is 53.9 Å². The normalized spacial score (nSPS) is 20.0. The first-order valence-electron chi connectivity index (χ1n) is 9.93. The molecule has 0 saturated carbocycles. The maximum absolute atomic E-state index is 12.0. The minimum absolute atomic E-state index is 0.0514. The molecule has 2 aromatic carbocycles. The van der Waals surface area contributed by atoms with Gasteiger partial charge in [-0.15, -0.1) is 0 Å². The predicted molar refractivity (Wildman–Crippen MR) is 122 cm³/mol. The lowest BCUT2D eigenvalue weighted by atomic mass is 10.1. The van der Waals surface area contributed by atoms with Crippen LogP contribution in [0.4, 0.5) is 10.8 Å². The zero-order valence-electron chi connectivity index (χ0n) is 16.2. The molecular formula is C22H22N4OS2. The van der Waals surface area contributed by atoms with Gasteiger partial charge in [0, 0.05) is 13.1 Å². The van der Waals surface area contributed by atoms with Crippen molar-refractivity contribution in [1.29, 1.82) is 0 Å². The number of aromatic nitrogens is 1. The molecular weight excluding hydrogens is 400 g/mol. The molecule has 5 rings (SSSR count). The molecule has 0 unspecified atom stereocenters. The van der Waals surface area contributed by atoms with Gasteiger partial charge in [-0.05, 0) is 73.3 Å². The molecule has 2 fully saturated rings. The van der Waals surface area contributed by atoms with Crippen molar-refractivity contribution in [3.8, 4) is 0 Å². The molecule has 1 aromatic heterocycles. The number of carbonyl (C=O) groups is 1. The first-order chi connectivity index (χ1) is 14.2. The predicted octanol–water partition coefficient (Wildman–Crippen LogP) is 4.98. The van der Waals surface area contributed by atoms with Crippen LogP contribution >= 0.6 is 23.1 Å². The van der Waals surface area contributed by atoms with Crippen LogP contribution in [-0.4, -0.2) is 39.3 Å². The number of anilines is 1. The number of thiazole rings is 1. The van der Waals surface area contributed by atoms with Gasteiger partial charge < -0.3 is 10.2 Å². The second-order valence-corrected chi connectivity index (χ2v) is 9.50. The zero-order valence-corrected chi connectivity index (χ0v) is 17.9. The van der Waals surface area contributed by atoms with Crippen molar-refractivity contribution in [3.63, 3.8) is 0 Å². The number of thioether (sulfide) groups is 1. The highest BCUT2D eigenvalue weighted by molar-refractivity contribution is 8.26. The minimum Gasteiger partial charge on any atom is -0.361 e. The Balaban J connectivity index is 1.19. The summed E-state index contributed by atoms with van der Waals surface area (Å²) in [7, 11) is 0. The molecule has 0 radical (unpaired) electrons. The monoisotopic (exact) mass is 422 g/mol. The van der Waals surface area contributed by atoms with E-state index < -0.39 is 0 Å². The number of nitrogens with zero attached hydrogens (tertiary/aromatic N) is 3. The van der Waals surface area contributed by atoms with E-state index in [4.69, 9.17) is 4.99 Å². The lowest BCUT2D eigenvalue weighted by Crippen LogP contribution is -2.28. The Hall–Kier alpha value is -2.38. The second kappa shape index (κ2) is 7.80. The summed E-state index contributed by atoms with van der Waals surface area (Å²) in [5, 5.41) is 5.51. The largest absolute Gasteiger partial charge is 0.361 e. The summed E-state index contributed by atoms with van der Waals surface area (Å²) in [6.07, 6.45) is 2.97. The van der Waals surface area contributed by atoms with Gasteiger partial charge in [-0.2, -0.15) is 0 Å². The quantitative estimate of drug-likeness (QED) is 0.628. The molecule has 1 N–H and O–H groups in total. The molecule has 0 aliphatic carbocycles. The Bertz CT molecular complexity index is 1090. The van der Waals surface area contributed by atoms with Crippen molar-refractivity contribution < 1.29 is 4.79 Å². The minimum atomic E-state index is 0.0514. The summed E-state index contributed by atoms with van der Waals surface area (Å²) in [5.74, 6) is 0. The van der Waals surface area contributed by atoms with Gasteiger partial charge in [0.25, 0.3) is 0 Å². The standard InChI is InChI=1S/C22H22N4OS2/c1-14-4-9-17-19(13-14)28-21(25-17)23-11-10-15-5-7-16(8-6-15)24-22-26-12-2-3-18(26)20(27)29-22/h4-9,13,18H,2-3,10-12H2,1H3,(H,23,25)/b24-22-/t18-/m0/s1. The molecule has 2 aliphatic rings. The number of nitrogens with one attached hydrogen (secondary N) is 1. The molecule has 1 atom stereocenters. The van der Waals surface area contributed by atoms with Crippen LogP contribution in [0.25, 0.3) is 10.2 Å². The summed E-state index contributed by atoms with van der Waals surface area (Å²) in [4.78, 5) is 23.6. The Labute approximate surface area is 178 Å². The zero-order chi connectivity index (χ0) is 19.8. The summed E-state index contributed by atoms with van der Waals surface area (Å²) < 4.78 is 1.22. The van der Waals surface area contributed by atoms with Crippen LogP contribution in [0.5, 0.6) is 0 Å². The lowest BCUT2D eigenvalue weighted by molar-refractivity contribution is -0.113. The molecule has 0 bridgehead atoms. The smallest absolute Gasteiger partial charge is 0.219 e. The Morgan fingerprint density at radius 1 is 1.24 bits per heavy atom. The molecule has 7 heteroatoms. The van der Waals surface area contributed by atoms with Gasteiger partial charge in [-0.1, -0.05) is 29.5 Å². The highest BCUT2D eigenvalue weighted by atomic mass is 32.2. The molecule has 2 saturated heterocycles. The number of rotatable bonds is 5. The third kappa shape index (κ3) is 3.89. The number of aliphatic imine (C=N–C) groups is 1. The van der Waals surface area contributed by atoms with E-state index in [1.165, 1.54) is 27.6 Å². The molecule has 148 valence electrons. The maximum atomic E-state index is 12.0. The second-order valence-electron chi connectivity index (χ2n) is 7.50. The van der Waals surface area contributed by atoms with E-state index >= 15 is 0 Å². The van der Waals surface area contributed by atoms with Gasteiger partial charge in [0.15, 0.2) is 10.3 Å². The summed E-state index contributed by atoms with van der Waals surface area (Å²) in [6, 6.07) is 14.7. The number of amidine groups is 1. The van der Waals surface area contributed by atoms with Gasteiger partial charge in [0.05, 0.1) is 15.9 Å². The van der Waals surface area contributed by atoms with Crippen molar-refractivity contribution >= 4 is 54.4 Å². The Morgan fingerprint density at radius 2 is 2.10 bits per heavy atom. The van der Waals surface area contributed by atoms with E-state index in [9.17, 15) is 4.79 Å². The van der Waals surface area contributed by atoms with Gasteiger partial charge in [0.2, 0.25) is 5.12 Å². The third-order valence-corrected chi connectivity index (χ3v) is 7.31. The lowest BCUT2D eigenvalue weighted by Gasteiger charge is -2.14. The van der Waals surface area contributed by atoms with Crippen LogP contribution in [0.3, 0.4) is 0 Å². The fourth-order valence-electron chi connectivity index (χ4n) is 3.81. The van der Waals surface area contributed by atoms with Crippen molar-refractivity contribution in [2.75, 3.05) is 18.4 Å². The highest BCUT2D eigenvalue weighted by Gasteiger charge is 2.40. The number of fused-ring (bicyclic) bond motifs is 2. The van der Waals surface area contributed by atoms with Crippen LogP contribution in [-0.2, 0) is 11.2 Å². The van der Waals surface area contributed by atoms with Crippen LogP contribution in [0.15, 0.2) is 47.5 Å². The summed E-state index contributed by atoms with van der Waals surface area (Å²) in [6.45, 7) is 3.89. The van der Waals surface area contributed by atoms with Crippen molar-refractivity contribution in [2.24, 2.45) is 4.99 Å². The number of hydrogen-bond donors (Lipinski definition) is 1. The van der Waals surface area contributed by atoms with E-state index in [0.29, 0.717) is 0 Å². The topological polar surface area (TPSA) is 57.6 Å². The van der Waals surface area contributed by atoms with Crippen molar-refractivity contribution in [3.05, 3.63) is 53.6 Å². The van der Waals surface area contributed by atoms with Crippen molar-refractivity contribution in [2.45, 2.75) is 32.2 Å². The van der Waals surface area contributed by atoms with E-state index in [1.807, 2.05) is 12.1 Å². The van der Waals surface area contributed by atoms with E-state index in [1.54, 1.807) is 11.3 Å². The van der Waals surface area contributed by atoms with Gasteiger partial charge in [-0.25, -0.2) is 9.98 Å². The third-order valence-electron chi connectivity index (χ3n) is 5.36. The Kier molecular flexibility index (Phi) is 5.01. The van der Waals surface area contributed by atoms with Crippen LogP contribution in [0, 0.1) is 6.92 Å². The first-order valence-corrected chi connectivity index (χ1v) is 11.6. The molecule has 0 spiro atoms. The summed E-state index contributed by atoms with van der Waals surface area (Å²) >= 11 is 2.99. The van der Waals surface area contributed by atoms with E-state index in [-0.39, 0.29) is 11.2 Å². The number of aryl methyl sites for hydroxylation is 1. The van der Waals surface area contributed by atoms with Crippen LogP contribution < -0.4 is 5.32 Å². The van der Waals surface area contributed by atoms with Crippen LogP contribution in [0.1, 0.15) is 24.0 Å². The number of benzene rings is 2. The number of carbonyl (C=O) groups excluding carboxylic acids is 1. The maximum Gasteiger partial charge on any atom is 0.219 e. The van der Waals surface area contributed by atoms with Crippen molar-refractivity contribution in [1.82, 2.24) is 9.88 Å². The Morgan fingerprint density at radius 3 is 2.97 bits per heavy atom. The molecule has 3 heterocycles. The number of hydrogen-bond acceptors (Lipinski definition) is 6. The molecule has 29 heavy (non-hydrogen) atoms. The summed E-state index contributed by atoms with van der Waals surface area (Å²) in [5.41, 5.74) is 4.48. The average Bonchev–Trinajstić information content (AvgIpc) is 3.41. The van der Waals surface area contributed by atoms with Gasteiger partial charge in [0.1, 0.15) is 6.04 Å². The molecule has 2 aliphatic heterocycles. The van der Waals surface area contributed by atoms with Gasteiger partial charge >= 0.3 is 0 Å². The van der Waals surface area contributed by atoms with Gasteiger partial charge in [-0.3, -0.25) is 4.79 Å². The molecule has 5 nitrogen and oxygen atoms in total. The first kappa shape index (κ1) is 18.6. The average molecular weight is 423 g/mol. The van der Waals surface area contributed by atoms with E-state index in [2.05, 4.69) is 52.5 Å². The SMILES string of the molecule is Cc1ccc2nc(NCCc3ccc(/N=C4\SC(=O)[C@@H]5CCCN45)cc3)sc2c1. The molecule has 0 amide bonds. The molecule has 3 aromatic rings. The fraction of sp³-hybridized carbons (Fsp3) is 0.318.